The monoisotopic (exact) mass is 507 g/mol. The Kier molecular flexibility index (Phi) is 6.97. The van der Waals surface area contributed by atoms with E-state index >= 15 is 0 Å². The molecule has 35 heavy (non-hydrogen) atoms. The van der Waals surface area contributed by atoms with Crippen LogP contribution in [0, 0.1) is 5.92 Å². The van der Waals surface area contributed by atoms with Gasteiger partial charge in [-0.15, -0.1) is 0 Å². The van der Waals surface area contributed by atoms with Gasteiger partial charge < -0.3 is 15.0 Å². The third-order valence-electron chi connectivity index (χ3n) is 6.26. The number of amidine groups is 1. The molecule has 1 aliphatic carbocycles. The molecular formula is C27H26ClN3O3S. The number of benzene rings is 2. The van der Waals surface area contributed by atoms with Crippen molar-refractivity contribution in [2.24, 2.45) is 10.9 Å². The molecule has 1 amide bonds. The van der Waals surface area contributed by atoms with Gasteiger partial charge in [-0.2, -0.15) is 0 Å². The van der Waals surface area contributed by atoms with E-state index in [9.17, 15) is 9.59 Å². The average molecular weight is 508 g/mol. The summed E-state index contributed by atoms with van der Waals surface area (Å²) in [5.74, 6) is 0.112. The first-order chi connectivity index (χ1) is 17.0. The molecule has 0 unspecified atom stereocenters. The molecule has 3 aliphatic rings. The van der Waals surface area contributed by atoms with E-state index in [4.69, 9.17) is 21.3 Å². The molecule has 2 aliphatic heterocycles. The molecular weight excluding hydrogens is 482 g/mol. The summed E-state index contributed by atoms with van der Waals surface area (Å²) in [6.07, 6.45) is 2.55. The molecule has 0 radical (unpaired) electrons. The number of hydrogen-bond acceptors (Lipinski definition) is 6. The molecule has 1 atom stereocenters. The average Bonchev–Trinajstić information content (AvgIpc) is 3.62. The van der Waals surface area contributed by atoms with Crippen LogP contribution in [0.2, 0.25) is 5.02 Å². The maximum atomic E-state index is 13.5. The topological polar surface area (TPSA) is 71.0 Å². The number of nitrogens with zero attached hydrogens (tertiary/aromatic N) is 2. The van der Waals surface area contributed by atoms with Gasteiger partial charge in [-0.1, -0.05) is 71.9 Å². The van der Waals surface area contributed by atoms with E-state index in [2.05, 4.69) is 5.32 Å². The molecule has 8 heteroatoms. The summed E-state index contributed by atoms with van der Waals surface area (Å²) in [7, 11) is 0. The van der Waals surface area contributed by atoms with Crippen LogP contribution in [0.25, 0.3) is 0 Å². The largest absolute Gasteiger partial charge is 0.457 e. The number of ether oxygens (including phenoxy) is 1. The lowest BCUT2D eigenvalue weighted by molar-refractivity contribution is -0.141. The van der Waals surface area contributed by atoms with Crippen LogP contribution in [0.3, 0.4) is 0 Å². The third kappa shape index (κ3) is 5.31. The van der Waals surface area contributed by atoms with Crippen molar-refractivity contribution in [3.8, 4) is 0 Å². The second-order valence-electron chi connectivity index (χ2n) is 8.90. The molecule has 2 aromatic carbocycles. The standard InChI is InChI=1S/C27H26ClN3O3S/c1-17-24(26(33)34-15-19-7-3-2-4-8-19)25(21-9-5-6-10-22(21)28)31-20(16-35-27(31)30-17)13-23(32)29-14-18-11-12-18/h2-10,16,18,25H,11-15H2,1H3,(H,29,32)/t25-/m1/s1. The first-order valence-corrected chi connectivity index (χ1v) is 12.9. The maximum Gasteiger partial charge on any atom is 0.338 e. The molecule has 2 aromatic rings. The van der Waals surface area contributed by atoms with Crippen molar-refractivity contribution >= 4 is 40.4 Å². The SMILES string of the molecule is CC1=C(C(=O)OCc2ccccc2)[C@@H](c2ccccc2Cl)N2C(CC(=O)NCC3CC3)=CSC2=N1. The highest BCUT2D eigenvalue weighted by Gasteiger charge is 2.42. The van der Waals surface area contributed by atoms with Crippen molar-refractivity contribution in [2.45, 2.75) is 38.8 Å². The van der Waals surface area contributed by atoms with Crippen LogP contribution < -0.4 is 5.32 Å². The van der Waals surface area contributed by atoms with E-state index in [1.165, 1.54) is 24.6 Å². The number of hydrogen-bond donors (Lipinski definition) is 1. The van der Waals surface area contributed by atoms with Gasteiger partial charge in [0.25, 0.3) is 0 Å². The van der Waals surface area contributed by atoms with Crippen molar-refractivity contribution in [3.05, 3.63) is 93.1 Å². The van der Waals surface area contributed by atoms with Crippen molar-refractivity contribution in [3.63, 3.8) is 0 Å². The van der Waals surface area contributed by atoms with Crippen LogP contribution in [0.4, 0.5) is 0 Å². The Hall–Kier alpha value is -3.03. The lowest BCUT2D eigenvalue weighted by Gasteiger charge is -2.36. The van der Waals surface area contributed by atoms with Crippen LogP contribution in [0.5, 0.6) is 0 Å². The van der Waals surface area contributed by atoms with Gasteiger partial charge in [-0.05, 0) is 48.3 Å². The minimum Gasteiger partial charge on any atom is -0.457 e. The van der Waals surface area contributed by atoms with Crippen molar-refractivity contribution in [1.29, 1.82) is 0 Å². The van der Waals surface area contributed by atoms with E-state index in [-0.39, 0.29) is 18.9 Å². The number of halogens is 1. The van der Waals surface area contributed by atoms with Crippen LogP contribution in [0.1, 0.15) is 43.4 Å². The molecule has 0 spiro atoms. The zero-order chi connectivity index (χ0) is 24.4. The zero-order valence-corrected chi connectivity index (χ0v) is 20.9. The number of allylic oxidation sites excluding steroid dienone is 1. The second-order valence-corrected chi connectivity index (χ2v) is 10.1. The number of thioether (sulfide) groups is 1. The number of amides is 1. The normalized spacial score (nSPS) is 19.1. The third-order valence-corrected chi connectivity index (χ3v) is 7.49. The van der Waals surface area contributed by atoms with Crippen molar-refractivity contribution in [1.82, 2.24) is 10.2 Å². The highest BCUT2D eigenvalue weighted by atomic mass is 35.5. The van der Waals surface area contributed by atoms with E-state index in [0.717, 1.165) is 22.0 Å². The summed E-state index contributed by atoms with van der Waals surface area (Å²) in [6.45, 7) is 2.68. The van der Waals surface area contributed by atoms with E-state index < -0.39 is 12.0 Å². The lowest BCUT2D eigenvalue weighted by atomic mass is 9.93. The molecule has 2 heterocycles. The number of carbonyl (C=O) groups excluding carboxylic acids is 2. The highest BCUT2D eigenvalue weighted by molar-refractivity contribution is 8.16. The van der Waals surface area contributed by atoms with Crippen LogP contribution >= 0.6 is 23.4 Å². The Balaban J connectivity index is 1.44. The summed E-state index contributed by atoms with van der Waals surface area (Å²) in [4.78, 5) is 32.8. The molecule has 6 nitrogen and oxygen atoms in total. The highest BCUT2D eigenvalue weighted by Crippen LogP contribution is 2.46. The fourth-order valence-electron chi connectivity index (χ4n) is 4.23. The summed E-state index contributed by atoms with van der Waals surface area (Å²) in [5, 5.41) is 6.22. The molecule has 0 saturated heterocycles. The van der Waals surface area contributed by atoms with Gasteiger partial charge in [0.2, 0.25) is 5.91 Å². The first-order valence-electron chi connectivity index (χ1n) is 11.7. The molecule has 1 N–H and O–H groups in total. The predicted octanol–water partition coefficient (Wildman–Crippen LogP) is 5.57. The molecule has 0 bridgehead atoms. The molecule has 1 fully saturated rings. The van der Waals surface area contributed by atoms with Gasteiger partial charge in [-0.3, -0.25) is 4.79 Å². The van der Waals surface area contributed by atoms with Crippen LogP contribution in [-0.4, -0.2) is 28.5 Å². The number of esters is 1. The van der Waals surface area contributed by atoms with E-state index in [1.54, 1.807) is 6.07 Å². The minimum atomic E-state index is -0.544. The molecule has 180 valence electrons. The quantitative estimate of drug-likeness (QED) is 0.473. The summed E-state index contributed by atoms with van der Waals surface area (Å²) >= 11 is 8.09. The van der Waals surface area contributed by atoms with Crippen molar-refractivity contribution in [2.75, 3.05) is 6.54 Å². The summed E-state index contributed by atoms with van der Waals surface area (Å²) in [6, 6.07) is 16.5. The summed E-state index contributed by atoms with van der Waals surface area (Å²) < 4.78 is 5.72. The fraction of sp³-hybridized carbons (Fsp3) is 0.296. The first kappa shape index (κ1) is 23.7. The Bertz CT molecular complexity index is 1240. The van der Waals surface area contributed by atoms with Gasteiger partial charge in [0.1, 0.15) is 6.61 Å². The molecule has 1 saturated carbocycles. The number of carbonyl (C=O) groups is 2. The number of rotatable bonds is 8. The fourth-order valence-corrected chi connectivity index (χ4v) is 5.43. The van der Waals surface area contributed by atoms with Crippen LogP contribution in [0.15, 0.2) is 82.0 Å². The molecule has 0 aromatic heterocycles. The molecule has 5 rings (SSSR count). The van der Waals surface area contributed by atoms with Crippen molar-refractivity contribution < 1.29 is 14.3 Å². The predicted molar refractivity (Wildman–Crippen MR) is 138 cm³/mol. The second kappa shape index (κ2) is 10.3. The maximum absolute atomic E-state index is 13.5. The van der Waals surface area contributed by atoms with Crippen LogP contribution in [-0.2, 0) is 20.9 Å². The van der Waals surface area contributed by atoms with Gasteiger partial charge in [0, 0.05) is 17.3 Å². The Morgan fingerprint density at radius 1 is 1.14 bits per heavy atom. The number of fused-ring (bicyclic) bond motifs is 1. The van der Waals surface area contributed by atoms with E-state index in [1.807, 2.05) is 65.8 Å². The smallest absolute Gasteiger partial charge is 0.338 e. The summed E-state index contributed by atoms with van der Waals surface area (Å²) in [5.41, 5.74) is 3.45. The van der Waals surface area contributed by atoms with Gasteiger partial charge in [0.15, 0.2) is 5.17 Å². The minimum absolute atomic E-state index is 0.0395. The van der Waals surface area contributed by atoms with Gasteiger partial charge in [0.05, 0.1) is 23.7 Å². The Morgan fingerprint density at radius 2 is 1.89 bits per heavy atom. The van der Waals surface area contributed by atoms with E-state index in [0.29, 0.717) is 28.8 Å². The Morgan fingerprint density at radius 3 is 2.63 bits per heavy atom. The van der Waals surface area contributed by atoms with Gasteiger partial charge >= 0.3 is 5.97 Å². The van der Waals surface area contributed by atoms with Gasteiger partial charge in [-0.25, -0.2) is 9.79 Å². The Labute approximate surface area is 214 Å². The lowest BCUT2D eigenvalue weighted by Crippen LogP contribution is -2.38. The number of aliphatic imine (C=N–C) groups is 1. The number of nitrogens with one attached hydrogen (secondary N) is 1. The zero-order valence-electron chi connectivity index (χ0n) is 19.4.